The average molecular weight is 616 g/mol. The summed E-state index contributed by atoms with van der Waals surface area (Å²) in [6.07, 6.45) is 8.01. The Kier molecular flexibility index (Phi) is 6.98. The Bertz CT molecular complexity index is 2140. The number of aryl methyl sites for hydroxylation is 2. The van der Waals surface area contributed by atoms with Crippen LogP contribution in [-0.4, -0.2) is 5.84 Å². The first-order chi connectivity index (χ1) is 22.8. The number of benzene rings is 5. The third-order valence-electron chi connectivity index (χ3n) is 10.1. The molecule has 8 rings (SSSR count). The normalized spacial score (nSPS) is 15.9. The van der Waals surface area contributed by atoms with Gasteiger partial charge in [0, 0.05) is 16.5 Å². The summed E-state index contributed by atoms with van der Waals surface area (Å²) in [5, 5.41) is 2.58. The van der Waals surface area contributed by atoms with E-state index in [9.17, 15) is 0 Å². The molecular formula is C43H38FN3. The molecule has 0 N–H and O–H groups in total. The van der Waals surface area contributed by atoms with E-state index in [0.717, 1.165) is 73.8 Å². The molecule has 2 aliphatic carbocycles. The number of hydrogen-bond acceptors (Lipinski definition) is 2. The number of amidine groups is 1. The highest BCUT2D eigenvalue weighted by Gasteiger charge is 2.40. The molecule has 0 saturated carbocycles. The molecule has 0 aromatic heterocycles. The van der Waals surface area contributed by atoms with Gasteiger partial charge in [0.2, 0.25) is 0 Å². The molecule has 1 aliphatic heterocycles. The van der Waals surface area contributed by atoms with Crippen LogP contribution in [0.15, 0.2) is 132 Å². The van der Waals surface area contributed by atoms with Gasteiger partial charge in [0.15, 0.2) is 5.84 Å². The average Bonchev–Trinajstić information content (AvgIpc) is 3.32. The zero-order valence-corrected chi connectivity index (χ0v) is 27.4. The molecule has 5 aromatic carbocycles. The van der Waals surface area contributed by atoms with Crippen LogP contribution in [0.3, 0.4) is 0 Å². The van der Waals surface area contributed by atoms with Gasteiger partial charge in [-0.25, -0.2) is 5.01 Å². The van der Waals surface area contributed by atoms with Gasteiger partial charge in [-0.05, 0) is 107 Å². The lowest BCUT2D eigenvalue weighted by atomic mass is 9.80. The highest BCUT2D eigenvalue weighted by atomic mass is 19.2. The van der Waals surface area contributed by atoms with Gasteiger partial charge in [-0.15, -0.1) is 5.23 Å². The molecule has 0 unspecified atom stereocenters. The SMILES string of the molecule is Cc1ccccc1-c1cc2c(cc1C)-c1cc3c(cc1N(C(=NCc1ccccc1)C1=CC=CCC1)N2F)-c1ccccc1C3(C)C. The number of hydrogen-bond donors (Lipinski definition) is 0. The van der Waals surface area contributed by atoms with Crippen molar-refractivity contribution in [3.63, 3.8) is 0 Å². The highest BCUT2D eigenvalue weighted by Crippen LogP contribution is 2.55. The monoisotopic (exact) mass is 615 g/mol. The first-order valence-corrected chi connectivity index (χ1v) is 16.5. The number of hydrazine groups is 1. The maximum Gasteiger partial charge on any atom is 0.153 e. The first-order valence-electron chi connectivity index (χ1n) is 16.5. The van der Waals surface area contributed by atoms with Crippen molar-refractivity contribution in [1.82, 2.24) is 0 Å². The number of rotatable bonds is 4. The predicted molar refractivity (Wildman–Crippen MR) is 194 cm³/mol. The van der Waals surface area contributed by atoms with Crippen LogP contribution in [0.1, 0.15) is 54.5 Å². The van der Waals surface area contributed by atoms with Gasteiger partial charge >= 0.3 is 0 Å². The van der Waals surface area contributed by atoms with Gasteiger partial charge in [0.25, 0.3) is 0 Å². The fourth-order valence-corrected chi connectivity index (χ4v) is 7.60. The largest absolute Gasteiger partial charge is 0.262 e. The van der Waals surface area contributed by atoms with E-state index in [1.807, 2.05) is 30.3 Å². The summed E-state index contributed by atoms with van der Waals surface area (Å²) < 4.78 is 17.6. The van der Waals surface area contributed by atoms with Crippen molar-refractivity contribution < 1.29 is 4.48 Å². The topological polar surface area (TPSA) is 18.8 Å². The quantitative estimate of drug-likeness (QED) is 0.114. The molecule has 0 saturated heterocycles. The molecule has 0 radical (unpaired) electrons. The van der Waals surface area contributed by atoms with Crippen LogP contribution in [0, 0.1) is 13.8 Å². The molecule has 4 heteroatoms. The van der Waals surface area contributed by atoms with E-state index in [0.29, 0.717) is 18.1 Å². The summed E-state index contributed by atoms with van der Waals surface area (Å²) in [6, 6.07) is 35.9. The fourth-order valence-electron chi connectivity index (χ4n) is 7.60. The summed E-state index contributed by atoms with van der Waals surface area (Å²) in [6.45, 7) is 9.29. The maximum absolute atomic E-state index is 17.6. The summed E-state index contributed by atoms with van der Waals surface area (Å²) in [7, 11) is 0. The van der Waals surface area contributed by atoms with Crippen molar-refractivity contribution in [1.29, 1.82) is 0 Å². The highest BCUT2D eigenvalue weighted by molar-refractivity contribution is 6.16. The van der Waals surface area contributed by atoms with Crippen LogP contribution in [0.2, 0.25) is 0 Å². The minimum Gasteiger partial charge on any atom is -0.262 e. The number of halogens is 1. The van der Waals surface area contributed by atoms with Gasteiger partial charge in [-0.2, -0.15) is 0 Å². The summed E-state index contributed by atoms with van der Waals surface area (Å²) in [5.41, 5.74) is 14.5. The molecule has 47 heavy (non-hydrogen) atoms. The molecule has 0 bridgehead atoms. The maximum atomic E-state index is 17.6. The lowest BCUT2D eigenvalue weighted by molar-refractivity contribution is 0.440. The number of allylic oxidation sites excluding steroid dienone is 3. The van der Waals surface area contributed by atoms with Crippen molar-refractivity contribution in [2.45, 2.75) is 52.5 Å². The summed E-state index contributed by atoms with van der Waals surface area (Å²) >= 11 is 0. The zero-order chi connectivity index (χ0) is 32.3. The Hall–Kier alpha value is -5.22. The molecule has 3 nitrogen and oxygen atoms in total. The molecule has 1 heterocycles. The van der Waals surface area contributed by atoms with E-state index in [-0.39, 0.29) is 5.41 Å². The second-order valence-corrected chi connectivity index (χ2v) is 13.4. The van der Waals surface area contributed by atoms with Gasteiger partial charge in [0.05, 0.1) is 12.2 Å². The number of anilines is 2. The molecule has 3 aliphatic rings. The minimum atomic E-state index is -0.185. The van der Waals surface area contributed by atoms with Crippen LogP contribution in [0.4, 0.5) is 15.9 Å². The van der Waals surface area contributed by atoms with Gasteiger partial charge < -0.3 is 0 Å². The third kappa shape index (κ3) is 4.74. The molecule has 0 atom stereocenters. The lowest BCUT2D eigenvalue weighted by Crippen LogP contribution is -2.46. The Morgan fingerprint density at radius 1 is 0.702 bits per heavy atom. The van der Waals surface area contributed by atoms with Crippen LogP contribution < -0.4 is 10.2 Å². The summed E-state index contributed by atoms with van der Waals surface area (Å²) in [4.78, 5) is 5.20. The van der Waals surface area contributed by atoms with E-state index in [1.54, 1.807) is 5.01 Å². The van der Waals surface area contributed by atoms with Crippen molar-refractivity contribution in [3.05, 3.63) is 155 Å². The van der Waals surface area contributed by atoms with Gasteiger partial charge in [0.1, 0.15) is 5.69 Å². The van der Waals surface area contributed by atoms with Gasteiger partial charge in [-0.1, -0.05) is 115 Å². The van der Waals surface area contributed by atoms with Crippen LogP contribution in [-0.2, 0) is 12.0 Å². The Labute approximate surface area is 276 Å². The fraction of sp³-hybridized carbons (Fsp3) is 0.186. The van der Waals surface area contributed by atoms with Crippen LogP contribution in [0.5, 0.6) is 0 Å². The van der Waals surface area contributed by atoms with E-state index in [1.165, 1.54) is 16.7 Å². The van der Waals surface area contributed by atoms with Crippen molar-refractivity contribution >= 4 is 17.2 Å². The molecule has 0 fully saturated rings. The van der Waals surface area contributed by atoms with Crippen molar-refractivity contribution in [2.24, 2.45) is 4.99 Å². The number of aliphatic imine (C=N–C) groups is 1. The number of nitrogens with zero attached hydrogens (tertiary/aromatic N) is 3. The smallest absolute Gasteiger partial charge is 0.153 e. The van der Waals surface area contributed by atoms with Gasteiger partial charge in [-0.3, -0.25) is 4.99 Å². The molecule has 0 amide bonds. The van der Waals surface area contributed by atoms with Crippen LogP contribution >= 0.6 is 0 Å². The Morgan fingerprint density at radius 2 is 1.40 bits per heavy atom. The van der Waals surface area contributed by atoms with Crippen LogP contribution in [0.25, 0.3) is 33.4 Å². The zero-order valence-electron chi connectivity index (χ0n) is 27.4. The van der Waals surface area contributed by atoms with E-state index >= 15 is 4.48 Å². The third-order valence-corrected chi connectivity index (χ3v) is 10.1. The Morgan fingerprint density at radius 3 is 2.17 bits per heavy atom. The number of fused-ring (bicyclic) bond motifs is 6. The molecule has 232 valence electrons. The molecule has 0 spiro atoms. The molecule has 5 aromatic rings. The van der Waals surface area contributed by atoms with E-state index in [4.69, 9.17) is 4.99 Å². The first kappa shape index (κ1) is 29.2. The minimum absolute atomic E-state index is 0.185. The van der Waals surface area contributed by atoms with E-state index < -0.39 is 0 Å². The van der Waals surface area contributed by atoms with E-state index in [2.05, 4.69) is 119 Å². The predicted octanol–water partition coefficient (Wildman–Crippen LogP) is 11.2. The van der Waals surface area contributed by atoms with Crippen molar-refractivity contribution in [3.8, 4) is 33.4 Å². The Balaban J connectivity index is 1.40. The van der Waals surface area contributed by atoms with Crippen molar-refractivity contribution in [2.75, 3.05) is 10.2 Å². The summed E-state index contributed by atoms with van der Waals surface area (Å²) in [5.74, 6) is 0.635. The molecular weight excluding hydrogens is 577 g/mol. The second-order valence-electron chi connectivity index (χ2n) is 13.4. The second kappa shape index (κ2) is 11.2. The standard InChI is InChI=1S/C43H38FN3/c1-28-15-11-12-20-32(28)34-25-41-36(23-29(34)2)37-24-39-35(33-21-13-14-22-38(33)43(39,3)4)26-40(37)46(47(41)44)42(31-18-9-6-10-19-31)45-27-30-16-7-5-8-17-30/h5-9,11-18,20-26H,10,19,27H2,1-4H3. The lowest BCUT2D eigenvalue weighted by Gasteiger charge is -2.39.